The minimum absolute atomic E-state index is 0.730. The van der Waals surface area contributed by atoms with Gasteiger partial charge in [0.25, 0.3) is 0 Å². The van der Waals surface area contributed by atoms with Gasteiger partial charge >= 0.3 is 0 Å². The van der Waals surface area contributed by atoms with Crippen molar-refractivity contribution in [1.29, 1.82) is 0 Å². The Hall–Kier alpha value is -1.99. The predicted octanol–water partition coefficient (Wildman–Crippen LogP) is 1.97. The average molecular weight is 255 g/mol. The fourth-order valence-corrected chi connectivity index (χ4v) is 2.57. The Kier molecular flexibility index (Phi) is 3.39. The van der Waals surface area contributed by atoms with Crippen LogP contribution in [-0.2, 0) is 0 Å². The van der Waals surface area contributed by atoms with Crippen LogP contribution in [0.1, 0.15) is 6.42 Å². The summed E-state index contributed by atoms with van der Waals surface area (Å²) in [7, 11) is 0. The number of aromatic nitrogens is 1. The number of anilines is 1. The lowest BCUT2D eigenvalue weighted by atomic mass is 10.2. The van der Waals surface area contributed by atoms with Crippen LogP contribution in [0.4, 0.5) is 5.82 Å². The Morgan fingerprint density at radius 1 is 1.21 bits per heavy atom. The molecular weight excluding hydrogens is 238 g/mol. The van der Waals surface area contributed by atoms with Gasteiger partial charge in [-0.25, -0.2) is 0 Å². The van der Waals surface area contributed by atoms with Crippen LogP contribution in [0.15, 0.2) is 28.8 Å². The van der Waals surface area contributed by atoms with E-state index in [2.05, 4.69) is 26.9 Å². The molecule has 1 saturated heterocycles. The first-order chi connectivity index (χ1) is 9.38. The molecular formula is C15H17N3O. The molecule has 1 aliphatic heterocycles. The molecule has 0 N–H and O–H groups in total. The molecule has 1 fully saturated rings. The minimum atomic E-state index is 0.730. The topological polar surface area (TPSA) is 32.5 Å². The largest absolute Gasteiger partial charge is 0.354 e. The van der Waals surface area contributed by atoms with E-state index in [-0.39, 0.29) is 0 Å². The number of hydrogen-bond acceptors (Lipinski definition) is 4. The summed E-state index contributed by atoms with van der Waals surface area (Å²) in [6, 6.07) is 8.00. The van der Waals surface area contributed by atoms with E-state index < -0.39 is 0 Å². The standard InChI is InChI=1S/C15H17N3O/c1-2-8-17-9-5-10-18(12-11-17)15-13-6-3-4-7-14(13)19-16-15/h1,3-4,6-7H,5,8-12H2. The quantitative estimate of drug-likeness (QED) is 0.768. The fraction of sp³-hybridized carbons (Fsp3) is 0.400. The first-order valence-electron chi connectivity index (χ1n) is 6.63. The molecule has 0 aliphatic carbocycles. The molecule has 4 nitrogen and oxygen atoms in total. The maximum atomic E-state index is 5.38. The summed E-state index contributed by atoms with van der Waals surface area (Å²) < 4.78 is 5.38. The Morgan fingerprint density at radius 2 is 2.11 bits per heavy atom. The first kappa shape index (κ1) is 12.1. The van der Waals surface area contributed by atoms with Gasteiger partial charge in [-0.05, 0) is 18.6 Å². The Bertz CT molecular complexity index is 599. The van der Waals surface area contributed by atoms with Gasteiger partial charge in [-0.2, -0.15) is 0 Å². The summed E-state index contributed by atoms with van der Waals surface area (Å²) in [4.78, 5) is 4.60. The van der Waals surface area contributed by atoms with Crippen molar-refractivity contribution in [3.05, 3.63) is 24.3 Å². The summed E-state index contributed by atoms with van der Waals surface area (Å²) in [5.74, 6) is 3.67. The van der Waals surface area contributed by atoms with Crippen molar-refractivity contribution in [3.8, 4) is 12.3 Å². The van der Waals surface area contributed by atoms with Crippen LogP contribution < -0.4 is 4.90 Å². The molecule has 0 saturated carbocycles. The Morgan fingerprint density at radius 3 is 3.00 bits per heavy atom. The van der Waals surface area contributed by atoms with Crippen molar-refractivity contribution in [1.82, 2.24) is 10.1 Å². The number of rotatable bonds is 2. The number of fused-ring (bicyclic) bond motifs is 1. The second-order valence-electron chi connectivity index (χ2n) is 4.82. The second kappa shape index (κ2) is 5.33. The molecule has 19 heavy (non-hydrogen) atoms. The van der Waals surface area contributed by atoms with Crippen LogP contribution in [0.2, 0.25) is 0 Å². The summed E-state index contributed by atoms with van der Waals surface area (Å²) in [5.41, 5.74) is 0.849. The molecule has 1 aliphatic rings. The number of benzene rings is 1. The first-order valence-corrected chi connectivity index (χ1v) is 6.63. The zero-order valence-corrected chi connectivity index (χ0v) is 10.9. The molecule has 0 bridgehead atoms. The van der Waals surface area contributed by atoms with E-state index in [9.17, 15) is 0 Å². The molecule has 1 aromatic carbocycles. The van der Waals surface area contributed by atoms with Gasteiger partial charge in [-0.15, -0.1) is 6.42 Å². The maximum absolute atomic E-state index is 5.38. The highest BCUT2D eigenvalue weighted by atomic mass is 16.5. The zero-order chi connectivity index (χ0) is 13.1. The van der Waals surface area contributed by atoms with Gasteiger partial charge in [0.05, 0.1) is 11.9 Å². The van der Waals surface area contributed by atoms with E-state index in [0.717, 1.165) is 55.9 Å². The molecule has 4 heteroatoms. The normalized spacial score (nSPS) is 17.3. The van der Waals surface area contributed by atoms with Gasteiger partial charge in [0.1, 0.15) is 0 Å². The molecule has 0 radical (unpaired) electrons. The number of hydrogen-bond donors (Lipinski definition) is 0. The molecule has 0 amide bonds. The molecule has 0 unspecified atom stereocenters. The van der Waals surface area contributed by atoms with E-state index in [4.69, 9.17) is 10.9 Å². The lowest BCUT2D eigenvalue weighted by molar-refractivity contribution is 0.330. The van der Waals surface area contributed by atoms with Gasteiger partial charge < -0.3 is 9.42 Å². The highest BCUT2D eigenvalue weighted by molar-refractivity contribution is 5.88. The van der Waals surface area contributed by atoms with Crippen molar-refractivity contribution in [2.75, 3.05) is 37.6 Å². The summed E-state index contributed by atoms with van der Waals surface area (Å²) in [6.07, 6.45) is 6.48. The predicted molar refractivity (Wildman–Crippen MR) is 76.1 cm³/mol. The maximum Gasteiger partial charge on any atom is 0.179 e. The summed E-state index contributed by atoms with van der Waals surface area (Å²) >= 11 is 0. The van der Waals surface area contributed by atoms with E-state index in [0.29, 0.717) is 0 Å². The van der Waals surface area contributed by atoms with Gasteiger partial charge in [-0.1, -0.05) is 23.2 Å². The van der Waals surface area contributed by atoms with Crippen molar-refractivity contribution in [2.45, 2.75) is 6.42 Å². The molecule has 2 heterocycles. The number of para-hydroxylation sites is 1. The third-order valence-corrected chi connectivity index (χ3v) is 3.56. The lowest BCUT2D eigenvalue weighted by Gasteiger charge is -2.20. The van der Waals surface area contributed by atoms with Gasteiger partial charge in [0.15, 0.2) is 11.4 Å². The van der Waals surface area contributed by atoms with Crippen LogP contribution in [0.3, 0.4) is 0 Å². The minimum Gasteiger partial charge on any atom is -0.354 e. The van der Waals surface area contributed by atoms with E-state index >= 15 is 0 Å². The Balaban J connectivity index is 1.81. The van der Waals surface area contributed by atoms with Crippen molar-refractivity contribution in [2.24, 2.45) is 0 Å². The third kappa shape index (κ3) is 2.42. The SMILES string of the molecule is C#CCN1CCCN(c2noc3ccccc23)CC1. The van der Waals surface area contributed by atoms with Crippen molar-refractivity contribution < 1.29 is 4.52 Å². The number of terminal acetylenes is 1. The summed E-state index contributed by atoms with van der Waals surface area (Å²) in [5, 5.41) is 5.31. The van der Waals surface area contributed by atoms with Crippen LogP contribution in [0.5, 0.6) is 0 Å². The fourth-order valence-electron chi connectivity index (χ4n) is 2.57. The monoisotopic (exact) mass is 255 g/mol. The van der Waals surface area contributed by atoms with Crippen LogP contribution >= 0.6 is 0 Å². The second-order valence-corrected chi connectivity index (χ2v) is 4.82. The molecule has 1 aromatic heterocycles. The lowest BCUT2D eigenvalue weighted by Crippen LogP contribution is -2.31. The van der Waals surface area contributed by atoms with Crippen molar-refractivity contribution in [3.63, 3.8) is 0 Å². The average Bonchev–Trinajstić information content (AvgIpc) is 2.73. The van der Waals surface area contributed by atoms with Gasteiger partial charge in [-0.3, -0.25) is 4.90 Å². The van der Waals surface area contributed by atoms with E-state index in [1.807, 2.05) is 18.2 Å². The van der Waals surface area contributed by atoms with Crippen molar-refractivity contribution >= 4 is 16.8 Å². The zero-order valence-electron chi connectivity index (χ0n) is 10.9. The van der Waals surface area contributed by atoms with Gasteiger partial charge in [0, 0.05) is 26.2 Å². The van der Waals surface area contributed by atoms with Gasteiger partial charge in [0.2, 0.25) is 0 Å². The molecule has 98 valence electrons. The molecule has 0 spiro atoms. The van der Waals surface area contributed by atoms with Crippen LogP contribution in [0.25, 0.3) is 11.0 Å². The van der Waals surface area contributed by atoms with E-state index in [1.54, 1.807) is 0 Å². The van der Waals surface area contributed by atoms with E-state index in [1.165, 1.54) is 0 Å². The smallest absolute Gasteiger partial charge is 0.179 e. The molecule has 2 aromatic rings. The van der Waals surface area contributed by atoms with Crippen LogP contribution in [0, 0.1) is 12.3 Å². The highest BCUT2D eigenvalue weighted by Crippen LogP contribution is 2.26. The highest BCUT2D eigenvalue weighted by Gasteiger charge is 2.19. The van der Waals surface area contributed by atoms with Crippen LogP contribution in [-0.4, -0.2) is 42.8 Å². The Labute approximate surface area is 113 Å². The molecule has 0 atom stereocenters. The third-order valence-electron chi connectivity index (χ3n) is 3.56. The number of nitrogens with zero attached hydrogens (tertiary/aromatic N) is 3. The summed E-state index contributed by atoms with van der Waals surface area (Å²) in [6.45, 7) is 4.70. The molecule has 3 rings (SSSR count).